The van der Waals surface area contributed by atoms with Gasteiger partial charge in [0.1, 0.15) is 12.6 Å². The van der Waals surface area contributed by atoms with Crippen molar-refractivity contribution in [3.05, 3.63) is 35.9 Å². The average molecular weight is 302 g/mol. The molecule has 0 radical (unpaired) electrons. The van der Waals surface area contributed by atoms with Gasteiger partial charge < -0.3 is 10.6 Å². The van der Waals surface area contributed by atoms with Gasteiger partial charge in [0, 0.05) is 6.04 Å². The van der Waals surface area contributed by atoms with Gasteiger partial charge in [-0.25, -0.2) is 0 Å². The van der Waals surface area contributed by atoms with Crippen LogP contribution in [0.3, 0.4) is 0 Å². The van der Waals surface area contributed by atoms with E-state index >= 15 is 0 Å². The summed E-state index contributed by atoms with van der Waals surface area (Å²) in [4.78, 5) is 13.2. The molecular weight excluding hydrogens is 281 g/mol. The van der Waals surface area contributed by atoms with Crippen LogP contribution in [0, 0.1) is 0 Å². The molecule has 0 aliphatic rings. The van der Waals surface area contributed by atoms with Crippen molar-refractivity contribution in [1.29, 1.82) is 0 Å². The molecule has 1 aromatic rings. The van der Waals surface area contributed by atoms with Crippen LogP contribution >= 0.6 is 0 Å². The van der Waals surface area contributed by atoms with Gasteiger partial charge in [0.05, 0.1) is 0 Å². The van der Waals surface area contributed by atoms with Crippen molar-refractivity contribution in [3.63, 3.8) is 0 Å². The molecule has 1 unspecified atom stereocenters. The minimum absolute atomic E-state index is 0.458. The monoisotopic (exact) mass is 302 g/mol. The number of benzene rings is 1. The lowest BCUT2D eigenvalue weighted by molar-refractivity contribution is -0.167. The van der Waals surface area contributed by atoms with Crippen molar-refractivity contribution in [1.82, 2.24) is 4.90 Å². The fraction of sp³-hybridized carbons (Fsp3) is 0.533. The molecule has 0 bridgehead atoms. The van der Waals surface area contributed by atoms with E-state index in [2.05, 4.69) is 0 Å². The maximum Gasteiger partial charge on any atom is 0.406 e. The van der Waals surface area contributed by atoms with Gasteiger partial charge in [-0.2, -0.15) is 13.2 Å². The molecule has 1 atom stereocenters. The number of carbonyl (C=O) groups excluding carboxylic acids is 1. The second-order valence-electron chi connectivity index (χ2n) is 4.94. The number of nitrogens with two attached hydrogens (primary N) is 1. The summed E-state index contributed by atoms with van der Waals surface area (Å²) in [5.74, 6) is -0.688. The number of alkyl halides is 3. The summed E-state index contributed by atoms with van der Waals surface area (Å²) in [5, 5.41) is 0. The van der Waals surface area contributed by atoms with Crippen LogP contribution < -0.4 is 5.73 Å². The summed E-state index contributed by atoms with van der Waals surface area (Å²) in [7, 11) is 0. The van der Waals surface area contributed by atoms with E-state index in [1.807, 2.05) is 0 Å². The van der Waals surface area contributed by atoms with Crippen LogP contribution in [-0.4, -0.2) is 29.6 Å². The number of hydrogen-bond acceptors (Lipinski definition) is 2. The second kappa shape index (κ2) is 7.45. The van der Waals surface area contributed by atoms with E-state index < -0.39 is 30.7 Å². The van der Waals surface area contributed by atoms with E-state index in [1.54, 1.807) is 44.2 Å². The highest BCUT2D eigenvalue weighted by Gasteiger charge is 2.37. The molecule has 21 heavy (non-hydrogen) atoms. The van der Waals surface area contributed by atoms with Gasteiger partial charge in [0.2, 0.25) is 5.91 Å². The number of rotatable bonds is 6. The summed E-state index contributed by atoms with van der Waals surface area (Å²) < 4.78 is 38.2. The van der Waals surface area contributed by atoms with Gasteiger partial charge in [-0.3, -0.25) is 4.79 Å². The van der Waals surface area contributed by atoms with E-state index in [9.17, 15) is 18.0 Å². The summed E-state index contributed by atoms with van der Waals surface area (Å²) in [6.45, 7) is 2.26. The fourth-order valence-electron chi connectivity index (χ4n) is 2.29. The molecule has 0 saturated heterocycles. The zero-order chi connectivity index (χ0) is 16.0. The standard InChI is InChI=1S/C15H21F3N2O/c1-3-12(4-2)20(10-15(16,17)18)14(21)13(19)11-8-6-5-7-9-11/h5-9,12-13H,3-4,10,19H2,1-2H3. The summed E-state index contributed by atoms with van der Waals surface area (Å²) >= 11 is 0. The number of carbonyl (C=O) groups is 1. The van der Waals surface area contributed by atoms with Crippen molar-refractivity contribution in [2.24, 2.45) is 5.73 Å². The van der Waals surface area contributed by atoms with E-state index in [1.165, 1.54) is 0 Å². The SMILES string of the molecule is CCC(CC)N(CC(F)(F)F)C(=O)C(N)c1ccccc1. The molecule has 3 nitrogen and oxygen atoms in total. The van der Waals surface area contributed by atoms with Crippen LogP contribution in [0.5, 0.6) is 0 Å². The smallest absolute Gasteiger partial charge is 0.329 e. The highest BCUT2D eigenvalue weighted by atomic mass is 19.4. The Kier molecular flexibility index (Phi) is 6.20. The Morgan fingerprint density at radius 1 is 1.19 bits per heavy atom. The van der Waals surface area contributed by atoms with Crippen LogP contribution in [0.25, 0.3) is 0 Å². The van der Waals surface area contributed by atoms with E-state index in [-0.39, 0.29) is 0 Å². The number of amides is 1. The molecule has 0 heterocycles. The van der Waals surface area contributed by atoms with Gasteiger partial charge in [-0.1, -0.05) is 44.2 Å². The van der Waals surface area contributed by atoms with E-state index in [0.717, 1.165) is 4.90 Å². The molecule has 118 valence electrons. The maximum atomic E-state index is 12.7. The molecule has 0 aliphatic carbocycles. The minimum atomic E-state index is -4.44. The average Bonchev–Trinajstić information content (AvgIpc) is 2.45. The Hall–Kier alpha value is -1.56. The number of halogens is 3. The summed E-state index contributed by atoms with van der Waals surface area (Å²) in [6.07, 6.45) is -3.52. The van der Waals surface area contributed by atoms with Crippen LogP contribution in [-0.2, 0) is 4.79 Å². The highest BCUT2D eigenvalue weighted by Crippen LogP contribution is 2.23. The van der Waals surface area contributed by atoms with Crippen molar-refractivity contribution >= 4 is 5.91 Å². The zero-order valence-corrected chi connectivity index (χ0v) is 12.2. The summed E-state index contributed by atoms with van der Waals surface area (Å²) in [6, 6.07) is 6.90. The minimum Gasteiger partial charge on any atom is -0.329 e. The first-order valence-corrected chi connectivity index (χ1v) is 6.97. The fourth-order valence-corrected chi connectivity index (χ4v) is 2.29. The third-order valence-corrected chi connectivity index (χ3v) is 3.44. The first-order chi connectivity index (χ1) is 9.80. The molecule has 0 aromatic heterocycles. The lowest BCUT2D eigenvalue weighted by Crippen LogP contribution is -2.48. The molecule has 2 N–H and O–H groups in total. The molecule has 0 aliphatic heterocycles. The Morgan fingerprint density at radius 2 is 1.71 bits per heavy atom. The van der Waals surface area contributed by atoms with Crippen LogP contribution in [0.2, 0.25) is 0 Å². The highest BCUT2D eigenvalue weighted by molar-refractivity contribution is 5.83. The van der Waals surface area contributed by atoms with E-state index in [0.29, 0.717) is 18.4 Å². The predicted octanol–water partition coefficient (Wildman–Crippen LogP) is 3.27. The van der Waals surface area contributed by atoms with Gasteiger partial charge in [-0.05, 0) is 18.4 Å². The lowest BCUT2D eigenvalue weighted by atomic mass is 10.0. The quantitative estimate of drug-likeness (QED) is 0.876. The van der Waals surface area contributed by atoms with Gasteiger partial charge in [0.15, 0.2) is 0 Å². The Balaban J connectivity index is 2.99. The molecule has 0 saturated carbocycles. The molecular formula is C15H21F3N2O. The Labute approximate surface area is 122 Å². The first kappa shape index (κ1) is 17.5. The molecule has 1 amide bonds. The molecule has 0 spiro atoms. The van der Waals surface area contributed by atoms with Gasteiger partial charge >= 0.3 is 6.18 Å². The van der Waals surface area contributed by atoms with Crippen molar-refractivity contribution < 1.29 is 18.0 Å². The topological polar surface area (TPSA) is 46.3 Å². The maximum absolute atomic E-state index is 12.7. The summed E-state index contributed by atoms with van der Waals surface area (Å²) in [5.41, 5.74) is 6.36. The van der Waals surface area contributed by atoms with E-state index in [4.69, 9.17) is 5.73 Å². The van der Waals surface area contributed by atoms with Crippen LogP contribution in [0.15, 0.2) is 30.3 Å². The Morgan fingerprint density at radius 3 is 2.14 bits per heavy atom. The predicted molar refractivity (Wildman–Crippen MR) is 75.5 cm³/mol. The molecule has 1 aromatic carbocycles. The molecule has 0 fully saturated rings. The zero-order valence-electron chi connectivity index (χ0n) is 12.2. The first-order valence-electron chi connectivity index (χ1n) is 6.97. The molecule has 6 heteroatoms. The third kappa shape index (κ3) is 5.04. The van der Waals surface area contributed by atoms with Crippen molar-refractivity contribution in [2.75, 3.05) is 6.54 Å². The van der Waals surface area contributed by atoms with Crippen molar-refractivity contribution in [2.45, 2.75) is 44.9 Å². The van der Waals surface area contributed by atoms with Gasteiger partial charge in [-0.15, -0.1) is 0 Å². The number of nitrogens with zero attached hydrogens (tertiary/aromatic N) is 1. The normalized spacial score (nSPS) is 13.3. The van der Waals surface area contributed by atoms with Crippen molar-refractivity contribution in [3.8, 4) is 0 Å². The van der Waals surface area contributed by atoms with Crippen LogP contribution in [0.1, 0.15) is 38.3 Å². The van der Waals surface area contributed by atoms with Gasteiger partial charge in [0.25, 0.3) is 0 Å². The molecule has 1 rings (SSSR count). The Bertz CT molecular complexity index is 444. The third-order valence-electron chi connectivity index (χ3n) is 3.44. The second-order valence-corrected chi connectivity index (χ2v) is 4.94. The van der Waals surface area contributed by atoms with Crippen LogP contribution in [0.4, 0.5) is 13.2 Å². The number of hydrogen-bond donors (Lipinski definition) is 1. The largest absolute Gasteiger partial charge is 0.406 e. The lowest BCUT2D eigenvalue weighted by Gasteiger charge is -2.33.